The summed E-state index contributed by atoms with van der Waals surface area (Å²) in [5, 5.41) is 9.08. The molecule has 1 fully saturated rings. The first-order valence-electron chi connectivity index (χ1n) is 6.03. The fourth-order valence-electron chi connectivity index (χ4n) is 2.54. The Kier molecular flexibility index (Phi) is 3.41. The molecule has 2 N–H and O–H groups in total. The van der Waals surface area contributed by atoms with E-state index >= 15 is 0 Å². The number of aliphatic hydroxyl groups is 1. The van der Waals surface area contributed by atoms with Gasteiger partial charge in [-0.1, -0.05) is 26.2 Å². The number of nitrogens with one attached hydrogen (secondary N) is 1. The predicted molar refractivity (Wildman–Crippen MR) is 59.7 cm³/mol. The third-order valence-corrected chi connectivity index (χ3v) is 3.35. The number of hydrogen-bond donors (Lipinski definition) is 2. The van der Waals surface area contributed by atoms with Crippen molar-refractivity contribution >= 4 is 0 Å². The van der Waals surface area contributed by atoms with E-state index in [9.17, 15) is 0 Å². The first-order valence-corrected chi connectivity index (χ1v) is 6.03. The van der Waals surface area contributed by atoms with E-state index in [0.717, 1.165) is 12.2 Å². The molecule has 84 valence electrons. The number of nitrogens with zero attached hydrogens (tertiary/aromatic N) is 1. The van der Waals surface area contributed by atoms with Gasteiger partial charge in [-0.3, -0.25) is 0 Å². The van der Waals surface area contributed by atoms with Crippen LogP contribution in [-0.4, -0.2) is 15.1 Å². The van der Waals surface area contributed by atoms with Gasteiger partial charge in [0, 0.05) is 11.6 Å². The molecule has 0 amide bonds. The van der Waals surface area contributed by atoms with Crippen LogP contribution in [0.1, 0.15) is 62.2 Å². The minimum Gasteiger partial charge on any atom is -0.388 e. The maximum absolute atomic E-state index is 9.08. The van der Waals surface area contributed by atoms with Gasteiger partial charge in [0.1, 0.15) is 12.4 Å². The van der Waals surface area contributed by atoms with Gasteiger partial charge in [-0.05, 0) is 19.3 Å². The number of hydrogen-bond acceptors (Lipinski definition) is 2. The summed E-state index contributed by atoms with van der Waals surface area (Å²) in [6.07, 6.45) is 7.55. The molecule has 3 heteroatoms. The van der Waals surface area contributed by atoms with Crippen molar-refractivity contribution in [2.45, 2.75) is 58.0 Å². The average Bonchev–Trinajstić information content (AvgIpc) is 2.73. The Hall–Kier alpha value is -0.830. The molecule has 0 spiro atoms. The molecule has 0 atom stereocenters. The molecular weight excluding hydrogens is 188 g/mol. The standard InChI is InChI=1S/C12H20N2O/c1-2-10-12(14-11(8-15)13-10)9-6-4-3-5-7-9/h9,15H,2-8H2,1H3,(H,13,14). The van der Waals surface area contributed by atoms with Crippen LogP contribution < -0.4 is 0 Å². The summed E-state index contributed by atoms with van der Waals surface area (Å²) < 4.78 is 0. The lowest BCUT2D eigenvalue weighted by molar-refractivity contribution is 0.272. The maximum atomic E-state index is 9.08. The summed E-state index contributed by atoms with van der Waals surface area (Å²) in [7, 11) is 0. The van der Waals surface area contributed by atoms with E-state index in [1.165, 1.54) is 43.5 Å². The van der Waals surface area contributed by atoms with Gasteiger partial charge in [0.05, 0.1) is 5.69 Å². The number of aryl methyl sites for hydroxylation is 1. The highest BCUT2D eigenvalue weighted by Gasteiger charge is 2.21. The van der Waals surface area contributed by atoms with Gasteiger partial charge in [-0.15, -0.1) is 0 Å². The van der Waals surface area contributed by atoms with Crippen molar-refractivity contribution in [3.05, 3.63) is 17.2 Å². The highest BCUT2D eigenvalue weighted by molar-refractivity contribution is 5.19. The zero-order chi connectivity index (χ0) is 10.7. The summed E-state index contributed by atoms with van der Waals surface area (Å²) >= 11 is 0. The summed E-state index contributed by atoms with van der Waals surface area (Å²) in [6.45, 7) is 2.17. The van der Waals surface area contributed by atoms with Gasteiger partial charge in [0.25, 0.3) is 0 Å². The highest BCUT2D eigenvalue weighted by Crippen LogP contribution is 2.33. The average molecular weight is 208 g/mol. The molecule has 1 aromatic rings. The zero-order valence-corrected chi connectivity index (χ0v) is 9.42. The first kappa shape index (κ1) is 10.7. The molecule has 2 rings (SSSR count). The van der Waals surface area contributed by atoms with Crippen LogP contribution in [0.25, 0.3) is 0 Å². The molecule has 1 heterocycles. The van der Waals surface area contributed by atoms with Crippen molar-refractivity contribution < 1.29 is 5.11 Å². The molecule has 1 aliphatic rings. The van der Waals surface area contributed by atoms with E-state index in [0.29, 0.717) is 5.92 Å². The Labute approximate surface area is 90.9 Å². The van der Waals surface area contributed by atoms with Crippen molar-refractivity contribution in [2.75, 3.05) is 0 Å². The fourth-order valence-corrected chi connectivity index (χ4v) is 2.54. The monoisotopic (exact) mass is 208 g/mol. The smallest absolute Gasteiger partial charge is 0.132 e. The Morgan fingerprint density at radius 1 is 1.33 bits per heavy atom. The van der Waals surface area contributed by atoms with Crippen molar-refractivity contribution in [1.29, 1.82) is 0 Å². The van der Waals surface area contributed by atoms with Crippen molar-refractivity contribution in [3.63, 3.8) is 0 Å². The SMILES string of the molecule is CCc1[nH]c(CO)nc1C1CCCCC1. The van der Waals surface area contributed by atoms with E-state index in [1.807, 2.05) is 0 Å². The summed E-state index contributed by atoms with van der Waals surface area (Å²) in [6, 6.07) is 0. The second kappa shape index (κ2) is 4.79. The third-order valence-electron chi connectivity index (χ3n) is 3.35. The molecule has 1 aromatic heterocycles. The predicted octanol–water partition coefficient (Wildman–Crippen LogP) is 2.51. The Morgan fingerprint density at radius 2 is 2.07 bits per heavy atom. The van der Waals surface area contributed by atoms with Crippen LogP contribution in [0.3, 0.4) is 0 Å². The summed E-state index contributed by atoms with van der Waals surface area (Å²) in [5.41, 5.74) is 2.45. The Bertz CT molecular complexity index is 313. The molecule has 1 saturated carbocycles. The quantitative estimate of drug-likeness (QED) is 0.801. The van der Waals surface area contributed by atoms with E-state index < -0.39 is 0 Å². The van der Waals surface area contributed by atoms with Crippen LogP contribution in [0.2, 0.25) is 0 Å². The maximum Gasteiger partial charge on any atom is 0.132 e. The fraction of sp³-hybridized carbons (Fsp3) is 0.750. The molecular formula is C12H20N2O. The molecule has 3 nitrogen and oxygen atoms in total. The normalized spacial score (nSPS) is 18.3. The summed E-state index contributed by atoms with van der Waals surface area (Å²) in [5.74, 6) is 1.36. The van der Waals surface area contributed by atoms with Crippen molar-refractivity contribution in [2.24, 2.45) is 0 Å². The van der Waals surface area contributed by atoms with Crippen LogP contribution in [0.5, 0.6) is 0 Å². The van der Waals surface area contributed by atoms with Crippen LogP contribution >= 0.6 is 0 Å². The van der Waals surface area contributed by atoms with Crippen LogP contribution in [0, 0.1) is 0 Å². The third kappa shape index (κ3) is 2.23. The lowest BCUT2D eigenvalue weighted by Crippen LogP contribution is -2.07. The molecule has 0 aromatic carbocycles. The largest absolute Gasteiger partial charge is 0.388 e. The van der Waals surface area contributed by atoms with Gasteiger partial charge in [0.2, 0.25) is 0 Å². The molecule has 0 bridgehead atoms. The van der Waals surface area contributed by atoms with E-state index in [-0.39, 0.29) is 6.61 Å². The topological polar surface area (TPSA) is 48.9 Å². The van der Waals surface area contributed by atoms with E-state index in [2.05, 4.69) is 16.9 Å². The van der Waals surface area contributed by atoms with Gasteiger partial charge in [0.15, 0.2) is 0 Å². The number of aromatic nitrogens is 2. The van der Waals surface area contributed by atoms with Crippen molar-refractivity contribution in [3.8, 4) is 0 Å². The van der Waals surface area contributed by atoms with Crippen LogP contribution in [0.4, 0.5) is 0 Å². The van der Waals surface area contributed by atoms with Gasteiger partial charge < -0.3 is 10.1 Å². The van der Waals surface area contributed by atoms with Gasteiger partial charge in [-0.25, -0.2) is 4.98 Å². The molecule has 0 radical (unpaired) electrons. The van der Waals surface area contributed by atoms with Gasteiger partial charge >= 0.3 is 0 Å². The zero-order valence-electron chi connectivity index (χ0n) is 9.42. The second-order valence-electron chi connectivity index (χ2n) is 4.39. The number of aliphatic hydroxyl groups excluding tert-OH is 1. The number of rotatable bonds is 3. The lowest BCUT2D eigenvalue weighted by atomic mass is 9.86. The van der Waals surface area contributed by atoms with Crippen LogP contribution in [0.15, 0.2) is 0 Å². The van der Waals surface area contributed by atoms with Gasteiger partial charge in [-0.2, -0.15) is 0 Å². The first-order chi connectivity index (χ1) is 7.35. The molecule has 1 aliphatic carbocycles. The van der Waals surface area contributed by atoms with Crippen LogP contribution in [-0.2, 0) is 13.0 Å². The molecule has 0 saturated heterocycles. The minimum absolute atomic E-state index is 0.0275. The lowest BCUT2D eigenvalue weighted by Gasteiger charge is -2.20. The highest BCUT2D eigenvalue weighted by atomic mass is 16.3. The number of H-pyrrole nitrogens is 1. The van der Waals surface area contributed by atoms with Crippen molar-refractivity contribution in [1.82, 2.24) is 9.97 Å². The Balaban J connectivity index is 2.20. The molecule has 0 unspecified atom stereocenters. The molecule has 15 heavy (non-hydrogen) atoms. The number of imidazole rings is 1. The Morgan fingerprint density at radius 3 is 2.67 bits per heavy atom. The van der Waals surface area contributed by atoms with E-state index in [4.69, 9.17) is 5.11 Å². The number of aromatic amines is 1. The minimum atomic E-state index is 0.0275. The summed E-state index contributed by atoms with van der Waals surface area (Å²) in [4.78, 5) is 7.73. The second-order valence-corrected chi connectivity index (χ2v) is 4.39. The van der Waals surface area contributed by atoms with E-state index in [1.54, 1.807) is 0 Å². The molecule has 0 aliphatic heterocycles.